The monoisotopic (exact) mass is 334 g/mol. The zero-order valence-corrected chi connectivity index (χ0v) is 16.3. The lowest BCUT2D eigenvalue weighted by Crippen LogP contribution is -2.21. The summed E-state index contributed by atoms with van der Waals surface area (Å²) in [6.45, 7) is 17.2. The van der Waals surface area contributed by atoms with Crippen molar-refractivity contribution in [3.8, 4) is 0 Å². The van der Waals surface area contributed by atoms with Gasteiger partial charge in [-0.3, -0.25) is 0 Å². The number of nitrogens with zero attached hydrogens (tertiary/aromatic N) is 3. The minimum Gasteiger partial charge on any atom is -0.334 e. The van der Waals surface area contributed by atoms with E-state index in [9.17, 15) is 0 Å². The highest BCUT2D eigenvalue weighted by atomic mass is 32.1. The molecule has 0 fully saturated rings. The van der Waals surface area contributed by atoms with E-state index < -0.39 is 0 Å². The Labute approximate surface area is 144 Å². The summed E-state index contributed by atoms with van der Waals surface area (Å²) < 4.78 is 2.24. The third-order valence-electron chi connectivity index (χ3n) is 3.80. The first-order valence-electron chi connectivity index (χ1n) is 8.39. The van der Waals surface area contributed by atoms with Gasteiger partial charge in [0.15, 0.2) is 0 Å². The van der Waals surface area contributed by atoms with E-state index in [1.165, 1.54) is 9.88 Å². The van der Waals surface area contributed by atoms with Crippen molar-refractivity contribution in [2.24, 2.45) is 5.92 Å². The van der Waals surface area contributed by atoms with E-state index in [-0.39, 0.29) is 11.5 Å². The number of rotatable bonds is 6. The van der Waals surface area contributed by atoms with Crippen molar-refractivity contribution in [3.05, 3.63) is 33.8 Å². The molecule has 0 bridgehead atoms. The van der Waals surface area contributed by atoms with Gasteiger partial charge in [-0.15, -0.1) is 11.3 Å². The van der Waals surface area contributed by atoms with E-state index >= 15 is 0 Å². The lowest BCUT2D eigenvalue weighted by molar-refractivity contribution is 0.483. The van der Waals surface area contributed by atoms with Crippen LogP contribution in [0.4, 0.5) is 0 Å². The number of aromatic nitrogens is 3. The smallest absolute Gasteiger partial charge is 0.122 e. The summed E-state index contributed by atoms with van der Waals surface area (Å²) in [6, 6.07) is 0.285. The Morgan fingerprint density at radius 2 is 1.96 bits per heavy atom. The van der Waals surface area contributed by atoms with Gasteiger partial charge in [-0.1, -0.05) is 34.6 Å². The fraction of sp³-hybridized carbons (Fsp3) is 0.667. The summed E-state index contributed by atoms with van der Waals surface area (Å²) in [5.41, 5.74) is 1.26. The molecule has 0 radical (unpaired) electrons. The molecule has 0 aliphatic carbocycles. The molecule has 2 aromatic rings. The Balaban J connectivity index is 2.04. The second-order valence-electron chi connectivity index (χ2n) is 7.71. The van der Waals surface area contributed by atoms with Crippen LogP contribution in [0.5, 0.6) is 0 Å². The van der Waals surface area contributed by atoms with Gasteiger partial charge in [0, 0.05) is 35.3 Å². The number of thiazole rings is 1. The molecule has 1 N–H and O–H groups in total. The Hall–Kier alpha value is -1.20. The molecule has 0 spiro atoms. The molecule has 2 heterocycles. The number of aryl methyl sites for hydroxylation is 1. The first-order chi connectivity index (χ1) is 10.7. The number of hydrogen-bond donors (Lipinski definition) is 1. The third kappa shape index (κ3) is 4.64. The van der Waals surface area contributed by atoms with Crippen LogP contribution in [0.15, 0.2) is 12.4 Å². The third-order valence-corrected chi connectivity index (χ3v) is 5.56. The molecule has 0 aliphatic rings. The maximum Gasteiger partial charge on any atom is 0.122 e. The maximum atomic E-state index is 4.76. The largest absolute Gasteiger partial charge is 0.334 e. The van der Waals surface area contributed by atoms with Crippen LogP contribution in [0, 0.1) is 12.8 Å². The van der Waals surface area contributed by atoms with Crippen LogP contribution in [0.2, 0.25) is 0 Å². The average molecular weight is 335 g/mol. The predicted molar refractivity (Wildman–Crippen MR) is 97.9 cm³/mol. The van der Waals surface area contributed by atoms with E-state index in [0.29, 0.717) is 5.92 Å². The van der Waals surface area contributed by atoms with Crippen LogP contribution in [0.25, 0.3) is 0 Å². The highest BCUT2D eigenvalue weighted by Crippen LogP contribution is 2.32. The van der Waals surface area contributed by atoms with Crippen LogP contribution in [0.1, 0.15) is 69.0 Å². The Morgan fingerprint density at radius 3 is 2.52 bits per heavy atom. The van der Waals surface area contributed by atoms with E-state index in [1.807, 2.05) is 17.5 Å². The van der Waals surface area contributed by atoms with Gasteiger partial charge in [-0.25, -0.2) is 9.97 Å². The molecule has 0 unspecified atom stereocenters. The molecule has 128 valence electrons. The highest BCUT2D eigenvalue weighted by molar-refractivity contribution is 7.12. The van der Waals surface area contributed by atoms with E-state index in [4.69, 9.17) is 4.98 Å². The zero-order valence-electron chi connectivity index (χ0n) is 15.5. The van der Waals surface area contributed by atoms with Crippen molar-refractivity contribution < 1.29 is 0 Å². The second-order valence-corrected chi connectivity index (χ2v) is 8.74. The summed E-state index contributed by atoms with van der Waals surface area (Å²) in [4.78, 5) is 10.6. The van der Waals surface area contributed by atoms with Gasteiger partial charge < -0.3 is 9.88 Å². The van der Waals surface area contributed by atoms with Crippen molar-refractivity contribution in [1.29, 1.82) is 0 Å². The standard InChI is InChI=1S/C18H30N4S/c1-12(2)11-22-9-8-19-15(22)10-20-13(3)16-14(4)21-17(23-16)18(5,6)7/h8-9,12-13,20H,10-11H2,1-7H3/t13-/m1/s1. The van der Waals surface area contributed by atoms with Crippen LogP contribution < -0.4 is 5.32 Å². The minimum atomic E-state index is 0.112. The van der Waals surface area contributed by atoms with E-state index in [2.05, 4.69) is 69.5 Å². The minimum absolute atomic E-state index is 0.112. The van der Waals surface area contributed by atoms with Crippen molar-refractivity contribution in [2.45, 2.75) is 73.0 Å². The van der Waals surface area contributed by atoms with Crippen LogP contribution in [-0.2, 0) is 18.5 Å². The number of imidazole rings is 1. The average Bonchev–Trinajstić information content (AvgIpc) is 3.01. The van der Waals surface area contributed by atoms with Gasteiger partial charge in [0.25, 0.3) is 0 Å². The SMILES string of the molecule is Cc1nc(C(C)(C)C)sc1[C@@H](C)NCc1nccn1CC(C)C. The van der Waals surface area contributed by atoms with Gasteiger partial charge in [0.05, 0.1) is 17.2 Å². The van der Waals surface area contributed by atoms with Gasteiger partial charge in [0.2, 0.25) is 0 Å². The quantitative estimate of drug-likeness (QED) is 0.848. The van der Waals surface area contributed by atoms with Crippen molar-refractivity contribution in [1.82, 2.24) is 19.9 Å². The molecule has 23 heavy (non-hydrogen) atoms. The molecule has 0 saturated carbocycles. The molecule has 0 saturated heterocycles. The lowest BCUT2D eigenvalue weighted by Gasteiger charge is -2.15. The summed E-state index contributed by atoms with van der Waals surface area (Å²) >= 11 is 1.83. The van der Waals surface area contributed by atoms with Gasteiger partial charge in [-0.2, -0.15) is 0 Å². The highest BCUT2D eigenvalue weighted by Gasteiger charge is 2.22. The number of hydrogen-bond acceptors (Lipinski definition) is 4. The van der Waals surface area contributed by atoms with Crippen molar-refractivity contribution in [2.75, 3.05) is 0 Å². The molecule has 4 nitrogen and oxygen atoms in total. The molecule has 0 aromatic carbocycles. The maximum absolute atomic E-state index is 4.76. The van der Waals surface area contributed by atoms with E-state index in [1.54, 1.807) is 0 Å². The molecule has 2 aromatic heterocycles. The van der Waals surface area contributed by atoms with Crippen LogP contribution >= 0.6 is 11.3 Å². The normalized spacial score (nSPS) is 13.7. The molecule has 0 aliphatic heterocycles. The van der Waals surface area contributed by atoms with Gasteiger partial charge in [-0.05, 0) is 19.8 Å². The van der Waals surface area contributed by atoms with E-state index in [0.717, 1.165) is 24.6 Å². The molecule has 5 heteroatoms. The van der Waals surface area contributed by atoms with Gasteiger partial charge in [0.1, 0.15) is 5.82 Å². The van der Waals surface area contributed by atoms with Crippen LogP contribution in [0.3, 0.4) is 0 Å². The summed E-state index contributed by atoms with van der Waals surface area (Å²) in [6.07, 6.45) is 3.96. The summed E-state index contributed by atoms with van der Waals surface area (Å²) in [7, 11) is 0. The van der Waals surface area contributed by atoms with Gasteiger partial charge >= 0.3 is 0 Å². The van der Waals surface area contributed by atoms with Crippen molar-refractivity contribution in [3.63, 3.8) is 0 Å². The first-order valence-corrected chi connectivity index (χ1v) is 9.21. The molecule has 2 rings (SSSR count). The lowest BCUT2D eigenvalue weighted by atomic mass is 9.98. The van der Waals surface area contributed by atoms with Crippen molar-refractivity contribution >= 4 is 11.3 Å². The topological polar surface area (TPSA) is 42.7 Å². The second kappa shape index (κ2) is 7.14. The molecular weight excluding hydrogens is 304 g/mol. The molecular formula is C18H30N4S. The fourth-order valence-electron chi connectivity index (χ4n) is 2.53. The fourth-order valence-corrected chi connectivity index (χ4v) is 3.69. The molecule has 1 atom stereocenters. The number of nitrogens with one attached hydrogen (secondary N) is 1. The Morgan fingerprint density at radius 1 is 1.26 bits per heavy atom. The predicted octanol–water partition coefficient (Wildman–Crippen LogP) is 4.45. The zero-order chi connectivity index (χ0) is 17.2. The summed E-state index contributed by atoms with van der Waals surface area (Å²) in [5.74, 6) is 1.72. The first kappa shape index (κ1) is 18.1. The molecule has 0 amide bonds. The van der Waals surface area contributed by atoms with Crippen LogP contribution in [-0.4, -0.2) is 14.5 Å². The Bertz CT molecular complexity index is 634. The summed E-state index contributed by atoms with van der Waals surface area (Å²) in [5, 5.41) is 4.82. The Kier molecular flexibility index (Phi) is 5.63.